The molecule has 216 valence electrons. The molecule has 1 heterocycles. The van der Waals surface area contributed by atoms with E-state index in [1.54, 1.807) is 24.3 Å². The van der Waals surface area contributed by atoms with Gasteiger partial charge in [0.05, 0.1) is 12.2 Å². The number of unbranched alkanes of at least 4 members (excludes halogenated alkanes) is 3. The van der Waals surface area contributed by atoms with E-state index in [2.05, 4.69) is 20.8 Å². The molecule has 10 nitrogen and oxygen atoms in total. The van der Waals surface area contributed by atoms with E-state index >= 15 is 0 Å². The van der Waals surface area contributed by atoms with Crippen LogP contribution in [0.5, 0.6) is 0 Å². The van der Waals surface area contributed by atoms with Gasteiger partial charge in [0.2, 0.25) is 11.9 Å². The van der Waals surface area contributed by atoms with Gasteiger partial charge in [0.1, 0.15) is 0 Å². The first-order valence-electron chi connectivity index (χ1n) is 13.9. The van der Waals surface area contributed by atoms with Gasteiger partial charge in [0.15, 0.2) is 0 Å². The average Bonchev–Trinajstić information content (AvgIpc) is 3.02. The maximum Gasteiger partial charge on any atom is 0.488 e. The van der Waals surface area contributed by atoms with Gasteiger partial charge in [-0.3, -0.25) is 19.3 Å². The highest BCUT2D eigenvalue weighted by molar-refractivity contribution is 6.58. The van der Waals surface area contributed by atoms with Crippen molar-refractivity contribution < 1.29 is 24.5 Å². The number of aromatic nitrogens is 2. The maximum absolute atomic E-state index is 12.6. The smallest absolute Gasteiger partial charge is 0.423 e. The minimum Gasteiger partial charge on any atom is -0.423 e. The van der Waals surface area contributed by atoms with Gasteiger partial charge in [-0.05, 0) is 48.1 Å². The van der Waals surface area contributed by atoms with Gasteiger partial charge in [-0.1, -0.05) is 73.5 Å². The Morgan fingerprint density at radius 3 is 1.98 bits per heavy atom. The molecular weight excluding hydrogens is 533 g/mol. The zero-order valence-electron chi connectivity index (χ0n) is 23.2. The molecule has 4 N–H and O–H groups in total. The van der Waals surface area contributed by atoms with E-state index in [9.17, 15) is 9.59 Å². The van der Waals surface area contributed by atoms with E-state index < -0.39 is 7.12 Å². The Kier molecular flexibility index (Phi) is 11.6. The van der Waals surface area contributed by atoms with Crippen LogP contribution in [0.2, 0.25) is 0 Å². The van der Waals surface area contributed by atoms with E-state index in [0.717, 1.165) is 36.2 Å². The Bertz CT molecular complexity index is 1350. The second-order valence-corrected chi connectivity index (χ2v) is 9.63. The lowest BCUT2D eigenvalue weighted by Crippen LogP contribution is -2.29. The third-order valence-electron chi connectivity index (χ3n) is 6.45. The number of carbonyl (C=O) groups is 2. The summed E-state index contributed by atoms with van der Waals surface area (Å²) in [5.41, 5.74) is 5.83. The van der Waals surface area contributed by atoms with Crippen molar-refractivity contribution in [2.75, 3.05) is 11.4 Å². The summed E-state index contributed by atoms with van der Waals surface area (Å²) in [7, 11) is -1.51. The van der Waals surface area contributed by atoms with Crippen LogP contribution in [0.3, 0.4) is 0 Å². The minimum absolute atomic E-state index is 0.180. The van der Waals surface area contributed by atoms with Crippen LogP contribution >= 0.6 is 0 Å². The SMILES string of the molecule is O=C(CCCCCCNC(=O)c1cnc(N(c2ccccc2)c2ccccc2)nc1)NOCc1ccc(B(O)O)cc1. The molecule has 0 aliphatic carbocycles. The lowest BCUT2D eigenvalue weighted by molar-refractivity contribution is -0.134. The van der Waals surface area contributed by atoms with Crippen LogP contribution in [0, 0.1) is 0 Å². The highest BCUT2D eigenvalue weighted by atomic mass is 16.6. The van der Waals surface area contributed by atoms with Crippen LogP contribution in [0.4, 0.5) is 17.3 Å². The molecule has 0 spiro atoms. The molecule has 0 fully saturated rings. The standard InChI is InChI=1S/C31H34BN5O5/c38-29(36-42-23-24-16-18-26(19-17-24)32(40)41)15-9-1-2-10-20-33-30(39)25-21-34-31(35-22-25)37(27-11-5-3-6-12-27)28-13-7-4-8-14-28/h3-8,11-14,16-19,21-22,40-41H,1-2,9-10,15,20,23H2,(H,33,39)(H,36,38). The van der Waals surface area contributed by atoms with Gasteiger partial charge >= 0.3 is 7.12 Å². The summed E-state index contributed by atoms with van der Waals surface area (Å²) < 4.78 is 0. The molecule has 4 rings (SSSR count). The van der Waals surface area contributed by atoms with Gasteiger partial charge in [-0.2, -0.15) is 0 Å². The highest BCUT2D eigenvalue weighted by Gasteiger charge is 2.16. The molecule has 0 atom stereocenters. The van der Waals surface area contributed by atoms with Crippen molar-refractivity contribution in [2.24, 2.45) is 0 Å². The van der Waals surface area contributed by atoms with Crippen LogP contribution in [-0.4, -0.2) is 45.5 Å². The van der Waals surface area contributed by atoms with Crippen LogP contribution in [0.15, 0.2) is 97.3 Å². The molecular formula is C31H34BN5O5. The largest absolute Gasteiger partial charge is 0.488 e. The van der Waals surface area contributed by atoms with Crippen molar-refractivity contribution in [3.63, 3.8) is 0 Å². The Balaban J connectivity index is 1.12. The summed E-state index contributed by atoms with van der Waals surface area (Å²) in [6, 6.07) is 26.2. The van der Waals surface area contributed by atoms with E-state index in [1.807, 2.05) is 65.6 Å². The summed E-state index contributed by atoms with van der Waals surface area (Å²) in [5.74, 6) is 0.0364. The molecule has 4 aromatic rings. The van der Waals surface area contributed by atoms with Crippen molar-refractivity contribution in [1.29, 1.82) is 0 Å². The monoisotopic (exact) mass is 567 g/mol. The van der Waals surface area contributed by atoms with Gasteiger partial charge in [0.25, 0.3) is 5.91 Å². The number of para-hydroxylation sites is 2. The fourth-order valence-corrected chi connectivity index (χ4v) is 4.19. The lowest BCUT2D eigenvalue weighted by Gasteiger charge is -2.22. The number of hydrogen-bond acceptors (Lipinski definition) is 8. The maximum atomic E-state index is 12.6. The van der Waals surface area contributed by atoms with Crippen LogP contribution in [0.25, 0.3) is 0 Å². The quantitative estimate of drug-likeness (QED) is 0.0973. The van der Waals surface area contributed by atoms with Gasteiger partial charge < -0.3 is 15.4 Å². The molecule has 0 saturated heterocycles. The first kappa shape index (κ1) is 30.4. The summed E-state index contributed by atoms with van der Waals surface area (Å²) >= 11 is 0. The van der Waals surface area contributed by atoms with Gasteiger partial charge in [-0.15, -0.1) is 0 Å². The number of nitrogens with one attached hydrogen (secondary N) is 2. The number of nitrogens with zero attached hydrogens (tertiary/aromatic N) is 3. The molecule has 3 aromatic carbocycles. The average molecular weight is 567 g/mol. The van der Waals surface area contributed by atoms with E-state index in [4.69, 9.17) is 14.9 Å². The Morgan fingerprint density at radius 2 is 1.38 bits per heavy atom. The molecule has 11 heteroatoms. The number of rotatable bonds is 15. The predicted molar refractivity (Wildman–Crippen MR) is 161 cm³/mol. The topological polar surface area (TPSA) is 137 Å². The summed E-state index contributed by atoms with van der Waals surface area (Å²) in [4.78, 5) is 40.7. The summed E-state index contributed by atoms with van der Waals surface area (Å²) in [6.45, 7) is 0.696. The molecule has 0 radical (unpaired) electrons. The van der Waals surface area contributed by atoms with Crippen LogP contribution < -0.4 is 21.2 Å². The Labute approximate surface area is 245 Å². The number of amides is 2. The summed E-state index contributed by atoms with van der Waals surface area (Å²) in [5, 5.41) is 21.1. The first-order chi connectivity index (χ1) is 20.5. The Hall–Kier alpha value is -4.58. The van der Waals surface area contributed by atoms with E-state index in [1.165, 1.54) is 12.4 Å². The molecule has 0 saturated carbocycles. The van der Waals surface area contributed by atoms with Crippen LogP contribution in [0.1, 0.15) is 48.0 Å². The van der Waals surface area contributed by atoms with Gasteiger partial charge in [0, 0.05) is 36.7 Å². The predicted octanol–water partition coefficient (Wildman–Crippen LogP) is 3.55. The molecule has 0 aliphatic rings. The summed E-state index contributed by atoms with van der Waals surface area (Å²) in [6.07, 6.45) is 6.63. The second-order valence-electron chi connectivity index (χ2n) is 9.63. The number of hydroxylamine groups is 1. The number of carbonyl (C=O) groups excluding carboxylic acids is 2. The van der Waals surface area contributed by atoms with E-state index in [-0.39, 0.29) is 18.4 Å². The van der Waals surface area contributed by atoms with Crippen molar-refractivity contribution in [2.45, 2.75) is 38.7 Å². The van der Waals surface area contributed by atoms with Crippen molar-refractivity contribution in [3.8, 4) is 0 Å². The zero-order valence-corrected chi connectivity index (χ0v) is 23.2. The van der Waals surface area contributed by atoms with Crippen molar-refractivity contribution >= 4 is 41.7 Å². The van der Waals surface area contributed by atoms with Crippen molar-refractivity contribution in [1.82, 2.24) is 20.8 Å². The van der Waals surface area contributed by atoms with Gasteiger partial charge in [-0.25, -0.2) is 15.4 Å². The fraction of sp³-hybridized carbons (Fsp3) is 0.226. The number of benzene rings is 3. The molecule has 0 bridgehead atoms. The first-order valence-corrected chi connectivity index (χ1v) is 13.9. The third kappa shape index (κ3) is 9.23. The number of anilines is 3. The third-order valence-corrected chi connectivity index (χ3v) is 6.45. The normalized spacial score (nSPS) is 10.6. The molecule has 0 unspecified atom stereocenters. The lowest BCUT2D eigenvalue weighted by atomic mass is 9.80. The molecule has 2 amide bonds. The Morgan fingerprint density at radius 1 is 0.786 bits per heavy atom. The van der Waals surface area contributed by atoms with E-state index in [0.29, 0.717) is 36.4 Å². The molecule has 0 aliphatic heterocycles. The highest BCUT2D eigenvalue weighted by Crippen LogP contribution is 2.31. The zero-order chi connectivity index (χ0) is 29.6. The minimum atomic E-state index is -1.51. The fourth-order valence-electron chi connectivity index (χ4n) is 4.19. The molecule has 1 aromatic heterocycles. The molecule has 42 heavy (non-hydrogen) atoms. The second kappa shape index (κ2) is 16.0. The van der Waals surface area contributed by atoms with Crippen molar-refractivity contribution in [3.05, 3.63) is 108 Å². The van der Waals surface area contributed by atoms with Crippen LogP contribution in [-0.2, 0) is 16.2 Å². The number of hydrogen-bond donors (Lipinski definition) is 4.